The van der Waals surface area contributed by atoms with Crippen LogP contribution in [0.25, 0.3) is 0 Å². The van der Waals surface area contributed by atoms with Gasteiger partial charge in [-0.15, -0.1) is 0 Å². The zero-order valence-corrected chi connectivity index (χ0v) is 16.9. The van der Waals surface area contributed by atoms with Gasteiger partial charge in [-0.25, -0.2) is 0 Å². The van der Waals surface area contributed by atoms with Gasteiger partial charge in [-0.3, -0.25) is 0 Å². The van der Waals surface area contributed by atoms with E-state index in [0.29, 0.717) is 6.04 Å². The van der Waals surface area contributed by atoms with Gasteiger partial charge in [-0.2, -0.15) is 0 Å². The summed E-state index contributed by atoms with van der Waals surface area (Å²) in [5.74, 6) is 4.30. The largest absolute Gasteiger partial charge is 0.314 e. The maximum absolute atomic E-state index is 3.72. The van der Waals surface area contributed by atoms with Crippen molar-refractivity contribution in [1.82, 2.24) is 5.32 Å². The topological polar surface area (TPSA) is 12.0 Å². The van der Waals surface area contributed by atoms with E-state index in [1.807, 2.05) is 0 Å². The first-order valence-electron chi connectivity index (χ1n) is 10.0. The zero-order valence-electron chi connectivity index (χ0n) is 16.9. The maximum atomic E-state index is 3.72. The Morgan fingerprint density at radius 3 is 1.86 bits per heavy atom. The first kappa shape index (κ1) is 22.0. The number of nitrogens with one attached hydrogen (secondary N) is 1. The van der Waals surface area contributed by atoms with Gasteiger partial charge in [-0.05, 0) is 62.3 Å². The smallest absolute Gasteiger partial charge is 0.00411 e. The van der Waals surface area contributed by atoms with Gasteiger partial charge in [0.2, 0.25) is 0 Å². The van der Waals surface area contributed by atoms with Crippen LogP contribution < -0.4 is 5.32 Å². The van der Waals surface area contributed by atoms with E-state index in [4.69, 9.17) is 0 Å². The van der Waals surface area contributed by atoms with Crippen LogP contribution >= 0.6 is 0 Å². The molecular formula is C21H45N. The fourth-order valence-corrected chi connectivity index (χ4v) is 3.72. The first-order chi connectivity index (χ1) is 10.3. The molecule has 0 aromatic heterocycles. The molecule has 0 aromatic rings. The number of rotatable bonds is 13. The van der Waals surface area contributed by atoms with E-state index in [0.717, 1.165) is 29.6 Å². The third-order valence-electron chi connectivity index (χ3n) is 5.34. The molecule has 4 atom stereocenters. The highest BCUT2D eigenvalue weighted by atomic mass is 14.9. The summed E-state index contributed by atoms with van der Waals surface area (Å²) in [6.07, 6.45) is 8.15. The van der Waals surface area contributed by atoms with E-state index >= 15 is 0 Å². The molecule has 0 fully saturated rings. The Bertz CT molecular complexity index is 246. The van der Waals surface area contributed by atoms with Crippen LogP contribution in [0.4, 0.5) is 0 Å². The molecule has 0 radical (unpaired) electrons. The minimum absolute atomic E-state index is 0.667. The summed E-state index contributed by atoms with van der Waals surface area (Å²) < 4.78 is 0. The van der Waals surface area contributed by atoms with E-state index < -0.39 is 0 Å². The summed E-state index contributed by atoms with van der Waals surface area (Å²) in [5.41, 5.74) is 0. The second kappa shape index (κ2) is 12.4. The van der Waals surface area contributed by atoms with E-state index in [1.165, 1.54) is 45.1 Å². The molecule has 22 heavy (non-hydrogen) atoms. The molecule has 0 rings (SSSR count). The van der Waals surface area contributed by atoms with Crippen molar-refractivity contribution in [1.29, 1.82) is 0 Å². The molecule has 0 spiro atoms. The van der Waals surface area contributed by atoms with E-state index in [1.54, 1.807) is 0 Å². The van der Waals surface area contributed by atoms with Gasteiger partial charge >= 0.3 is 0 Å². The van der Waals surface area contributed by atoms with Crippen LogP contribution in [-0.2, 0) is 0 Å². The fourth-order valence-electron chi connectivity index (χ4n) is 3.72. The van der Waals surface area contributed by atoms with Crippen LogP contribution in [0.15, 0.2) is 0 Å². The molecular weight excluding hydrogens is 266 g/mol. The number of hydrogen-bond donors (Lipinski definition) is 1. The molecule has 4 unspecified atom stereocenters. The standard InChI is InChI=1S/C21H45N/c1-9-18(6)21(19(7)13-12-16(2)3)11-10-14-22-20(8)15-17(4)5/h16-22H,9-15H2,1-8H3. The lowest BCUT2D eigenvalue weighted by Crippen LogP contribution is -2.29. The van der Waals surface area contributed by atoms with Crippen molar-refractivity contribution < 1.29 is 0 Å². The van der Waals surface area contributed by atoms with Crippen LogP contribution in [-0.4, -0.2) is 12.6 Å². The molecule has 0 aliphatic carbocycles. The molecule has 0 aliphatic heterocycles. The molecule has 0 bridgehead atoms. The lowest BCUT2D eigenvalue weighted by atomic mass is 9.76. The van der Waals surface area contributed by atoms with Gasteiger partial charge in [0.1, 0.15) is 0 Å². The van der Waals surface area contributed by atoms with Gasteiger partial charge in [0.25, 0.3) is 0 Å². The van der Waals surface area contributed by atoms with Crippen molar-refractivity contribution in [3.05, 3.63) is 0 Å². The monoisotopic (exact) mass is 311 g/mol. The lowest BCUT2D eigenvalue weighted by Gasteiger charge is -2.30. The fraction of sp³-hybridized carbons (Fsp3) is 1.00. The molecule has 134 valence electrons. The van der Waals surface area contributed by atoms with Crippen LogP contribution in [0.1, 0.15) is 93.9 Å². The average molecular weight is 312 g/mol. The van der Waals surface area contributed by atoms with Crippen molar-refractivity contribution in [2.24, 2.45) is 29.6 Å². The lowest BCUT2D eigenvalue weighted by molar-refractivity contribution is 0.209. The minimum Gasteiger partial charge on any atom is -0.314 e. The Labute approximate surface area is 142 Å². The third kappa shape index (κ3) is 10.6. The number of hydrogen-bond acceptors (Lipinski definition) is 1. The molecule has 0 amide bonds. The second-order valence-corrected chi connectivity index (χ2v) is 8.62. The predicted octanol–water partition coefficient (Wildman–Crippen LogP) is 6.53. The molecule has 0 aliphatic rings. The summed E-state index contributed by atoms with van der Waals surface area (Å²) in [5, 5.41) is 3.72. The minimum atomic E-state index is 0.667. The highest BCUT2D eigenvalue weighted by Gasteiger charge is 2.22. The van der Waals surface area contributed by atoms with Crippen molar-refractivity contribution >= 4 is 0 Å². The average Bonchev–Trinajstić information content (AvgIpc) is 2.43. The van der Waals surface area contributed by atoms with Gasteiger partial charge < -0.3 is 5.32 Å². The quantitative estimate of drug-likeness (QED) is 0.381. The Kier molecular flexibility index (Phi) is 12.4. The third-order valence-corrected chi connectivity index (χ3v) is 5.34. The summed E-state index contributed by atoms with van der Waals surface area (Å²) >= 11 is 0. The molecule has 0 saturated heterocycles. The molecule has 1 nitrogen and oxygen atoms in total. The Balaban J connectivity index is 4.14. The highest BCUT2D eigenvalue weighted by Crippen LogP contribution is 2.31. The van der Waals surface area contributed by atoms with E-state index in [9.17, 15) is 0 Å². The summed E-state index contributed by atoms with van der Waals surface area (Å²) in [6, 6.07) is 0.667. The van der Waals surface area contributed by atoms with Gasteiger partial charge in [0.15, 0.2) is 0 Å². The van der Waals surface area contributed by atoms with Crippen LogP contribution in [0, 0.1) is 29.6 Å². The van der Waals surface area contributed by atoms with Gasteiger partial charge in [0, 0.05) is 6.04 Å². The molecule has 0 aromatic carbocycles. The summed E-state index contributed by atoms with van der Waals surface area (Å²) in [4.78, 5) is 0. The Hall–Kier alpha value is -0.0400. The van der Waals surface area contributed by atoms with E-state index in [2.05, 4.69) is 60.7 Å². The van der Waals surface area contributed by atoms with Crippen molar-refractivity contribution in [3.63, 3.8) is 0 Å². The SMILES string of the molecule is CCC(C)C(CCCNC(C)CC(C)C)C(C)CCC(C)C. The summed E-state index contributed by atoms with van der Waals surface area (Å²) in [7, 11) is 0. The molecule has 0 heterocycles. The highest BCUT2D eigenvalue weighted by molar-refractivity contribution is 4.73. The van der Waals surface area contributed by atoms with Crippen molar-refractivity contribution in [2.45, 2.75) is 100.0 Å². The zero-order chi connectivity index (χ0) is 17.1. The Morgan fingerprint density at radius 2 is 1.36 bits per heavy atom. The van der Waals surface area contributed by atoms with E-state index in [-0.39, 0.29) is 0 Å². The first-order valence-corrected chi connectivity index (χ1v) is 10.0. The van der Waals surface area contributed by atoms with Crippen LogP contribution in [0.3, 0.4) is 0 Å². The van der Waals surface area contributed by atoms with Crippen molar-refractivity contribution in [3.8, 4) is 0 Å². The Morgan fingerprint density at radius 1 is 0.727 bits per heavy atom. The van der Waals surface area contributed by atoms with Crippen molar-refractivity contribution in [2.75, 3.05) is 6.54 Å². The normalized spacial score (nSPS) is 17.7. The molecule has 1 heteroatoms. The second-order valence-electron chi connectivity index (χ2n) is 8.62. The van der Waals surface area contributed by atoms with Crippen LogP contribution in [0.5, 0.6) is 0 Å². The predicted molar refractivity (Wildman–Crippen MR) is 102 cm³/mol. The van der Waals surface area contributed by atoms with Gasteiger partial charge in [-0.1, -0.05) is 67.7 Å². The van der Waals surface area contributed by atoms with Crippen LogP contribution in [0.2, 0.25) is 0 Å². The van der Waals surface area contributed by atoms with Gasteiger partial charge in [0.05, 0.1) is 0 Å². The molecule has 0 saturated carbocycles. The molecule has 1 N–H and O–H groups in total. The summed E-state index contributed by atoms with van der Waals surface area (Å²) in [6.45, 7) is 20.2. The maximum Gasteiger partial charge on any atom is 0.00411 e.